The van der Waals surface area contributed by atoms with E-state index in [1.165, 1.54) is 6.20 Å². The van der Waals surface area contributed by atoms with Crippen LogP contribution in [0, 0.1) is 0 Å². The van der Waals surface area contributed by atoms with Gasteiger partial charge in [0, 0.05) is 17.4 Å². The molecule has 2 aromatic carbocycles. The smallest absolute Gasteiger partial charge is 0.252 e. The van der Waals surface area contributed by atoms with Crippen molar-refractivity contribution in [3.63, 3.8) is 0 Å². The third-order valence-electron chi connectivity index (χ3n) is 4.49. The molecule has 0 saturated carbocycles. The fourth-order valence-electron chi connectivity index (χ4n) is 3.09. The Kier molecular flexibility index (Phi) is 4.30. The van der Waals surface area contributed by atoms with Crippen LogP contribution in [0.3, 0.4) is 0 Å². The highest BCUT2D eigenvalue weighted by Gasteiger charge is 2.18. The number of rotatable bonds is 5. The molecule has 0 saturated heterocycles. The first-order valence-corrected chi connectivity index (χ1v) is 8.76. The average molecular weight is 357 g/mol. The van der Waals surface area contributed by atoms with E-state index in [-0.39, 0.29) is 0 Å². The first-order chi connectivity index (χ1) is 13.2. The van der Waals surface area contributed by atoms with Crippen LogP contribution in [0.1, 0.15) is 22.8 Å². The van der Waals surface area contributed by atoms with Crippen LogP contribution in [0.2, 0.25) is 0 Å². The predicted molar refractivity (Wildman–Crippen MR) is 107 cm³/mol. The number of H-pyrrole nitrogens is 1. The van der Waals surface area contributed by atoms with Crippen molar-refractivity contribution in [3.8, 4) is 11.4 Å². The van der Waals surface area contributed by atoms with Crippen LogP contribution in [0.4, 0.5) is 11.4 Å². The lowest BCUT2D eigenvalue weighted by Crippen LogP contribution is -2.14. The third kappa shape index (κ3) is 3.13. The van der Waals surface area contributed by atoms with Crippen molar-refractivity contribution in [1.29, 1.82) is 0 Å². The van der Waals surface area contributed by atoms with Crippen molar-refractivity contribution in [2.45, 2.75) is 13.3 Å². The van der Waals surface area contributed by atoms with Crippen LogP contribution in [-0.2, 0) is 6.42 Å². The zero-order chi connectivity index (χ0) is 18.8. The van der Waals surface area contributed by atoms with Crippen LogP contribution in [0.5, 0.6) is 0 Å². The van der Waals surface area contributed by atoms with Crippen molar-refractivity contribution in [3.05, 3.63) is 71.9 Å². The molecule has 0 fully saturated rings. The first-order valence-electron chi connectivity index (χ1n) is 8.76. The van der Waals surface area contributed by atoms with Crippen molar-refractivity contribution in [2.75, 3.05) is 5.32 Å². The average Bonchev–Trinajstić information content (AvgIpc) is 3.14. The Bertz CT molecular complexity index is 1120. The number of fused-ring (bicyclic) bond motifs is 1. The first kappa shape index (κ1) is 16.8. The van der Waals surface area contributed by atoms with E-state index in [1.54, 1.807) is 0 Å². The number of amides is 1. The molecule has 2 aromatic heterocycles. The number of carbonyl (C=O) groups excluding carboxylic acids is 1. The highest BCUT2D eigenvalue weighted by Crippen LogP contribution is 2.31. The van der Waals surface area contributed by atoms with Gasteiger partial charge >= 0.3 is 0 Å². The van der Waals surface area contributed by atoms with Gasteiger partial charge in [-0.25, -0.2) is 9.97 Å². The normalized spacial score (nSPS) is 10.9. The van der Waals surface area contributed by atoms with Crippen LogP contribution in [0.25, 0.3) is 22.6 Å². The van der Waals surface area contributed by atoms with E-state index in [4.69, 9.17) is 5.73 Å². The van der Waals surface area contributed by atoms with Crippen molar-refractivity contribution in [2.24, 2.45) is 5.73 Å². The number of aryl methyl sites for hydroxylation is 1. The van der Waals surface area contributed by atoms with Crippen LogP contribution < -0.4 is 11.1 Å². The lowest BCUT2D eigenvalue weighted by molar-refractivity contribution is 0.100. The molecule has 6 heteroatoms. The fraction of sp³-hybridized carbons (Fsp3) is 0.0952. The van der Waals surface area contributed by atoms with E-state index in [2.05, 4.69) is 27.2 Å². The molecule has 0 aliphatic carbocycles. The topological polar surface area (TPSA) is 96.7 Å². The van der Waals surface area contributed by atoms with E-state index >= 15 is 0 Å². The number of para-hydroxylation sites is 1. The number of benzene rings is 2. The molecule has 0 unspecified atom stereocenters. The summed E-state index contributed by atoms with van der Waals surface area (Å²) in [7, 11) is 0. The van der Waals surface area contributed by atoms with Gasteiger partial charge in [0.25, 0.3) is 5.91 Å². The largest absolute Gasteiger partial charge is 0.365 e. The Morgan fingerprint density at radius 3 is 2.59 bits per heavy atom. The summed E-state index contributed by atoms with van der Waals surface area (Å²) >= 11 is 0. The van der Waals surface area contributed by atoms with Gasteiger partial charge in [-0.15, -0.1) is 0 Å². The van der Waals surface area contributed by atoms with Gasteiger partial charge in [-0.1, -0.05) is 55.5 Å². The number of hydrogen-bond donors (Lipinski definition) is 3. The molecule has 4 aromatic rings. The van der Waals surface area contributed by atoms with Gasteiger partial charge in [-0.05, 0) is 18.1 Å². The molecular formula is C21H19N5O. The Hall–Kier alpha value is -3.67. The highest BCUT2D eigenvalue weighted by molar-refractivity contribution is 6.06. The van der Waals surface area contributed by atoms with Crippen molar-refractivity contribution >= 4 is 28.4 Å². The molecule has 27 heavy (non-hydrogen) atoms. The summed E-state index contributed by atoms with van der Waals surface area (Å²) in [6.07, 6.45) is 2.33. The van der Waals surface area contributed by atoms with E-state index < -0.39 is 5.91 Å². The molecule has 6 nitrogen and oxygen atoms in total. The lowest BCUT2D eigenvalue weighted by atomic mass is 10.1. The number of anilines is 2. The summed E-state index contributed by atoms with van der Waals surface area (Å²) in [4.78, 5) is 24.2. The van der Waals surface area contributed by atoms with Gasteiger partial charge < -0.3 is 16.0 Å². The minimum Gasteiger partial charge on any atom is -0.365 e. The Morgan fingerprint density at radius 2 is 1.85 bits per heavy atom. The summed E-state index contributed by atoms with van der Waals surface area (Å²) in [6, 6.07) is 17.7. The zero-order valence-corrected chi connectivity index (χ0v) is 14.9. The number of carbonyl (C=O) groups is 1. The predicted octanol–water partition coefficient (Wildman–Crippen LogP) is 4.03. The van der Waals surface area contributed by atoms with Gasteiger partial charge in [-0.2, -0.15) is 0 Å². The maximum atomic E-state index is 12.0. The number of aromatic amines is 1. The number of imidazole rings is 1. The number of hydrogen-bond acceptors (Lipinski definition) is 4. The second-order valence-corrected chi connectivity index (χ2v) is 6.20. The molecule has 0 bridgehead atoms. The summed E-state index contributed by atoms with van der Waals surface area (Å²) in [5.74, 6) is 0.142. The fourth-order valence-corrected chi connectivity index (χ4v) is 3.09. The molecule has 0 aliphatic heterocycles. The van der Waals surface area contributed by atoms with Gasteiger partial charge in [0.05, 0.1) is 11.3 Å². The zero-order valence-electron chi connectivity index (χ0n) is 14.9. The molecule has 0 atom stereocenters. The minimum atomic E-state index is -0.545. The maximum Gasteiger partial charge on any atom is 0.252 e. The SMILES string of the molecule is CCc1ccccc1Nc1c(C(N)=O)cnc2nc(-c3ccccc3)[nH]c12. The quantitative estimate of drug-likeness (QED) is 0.502. The molecule has 2 heterocycles. The monoisotopic (exact) mass is 357 g/mol. The molecule has 134 valence electrons. The van der Waals surface area contributed by atoms with Gasteiger partial charge in [0.15, 0.2) is 5.65 Å². The highest BCUT2D eigenvalue weighted by atomic mass is 16.1. The summed E-state index contributed by atoms with van der Waals surface area (Å²) in [5, 5.41) is 3.37. The second kappa shape index (κ2) is 6.92. The number of nitrogens with zero attached hydrogens (tertiary/aromatic N) is 2. The van der Waals surface area contributed by atoms with Gasteiger partial charge in [0.2, 0.25) is 0 Å². The van der Waals surface area contributed by atoms with E-state index in [9.17, 15) is 4.79 Å². The van der Waals surface area contributed by atoms with Crippen LogP contribution in [0.15, 0.2) is 60.8 Å². The lowest BCUT2D eigenvalue weighted by Gasteiger charge is -2.13. The number of nitrogens with two attached hydrogens (primary N) is 1. The minimum absolute atomic E-state index is 0.316. The van der Waals surface area contributed by atoms with Crippen LogP contribution >= 0.6 is 0 Å². The molecule has 4 N–H and O–H groups in total. The van der Waals surface area contributed by atoms with Gasteiger partial charge in [0.1, 0.15) is 11.3 Å². The Morgan fingerprint density at radius 1 is 1.11 bits per heavy atom. The molecule has 0 spiro atoms. The summed E-state index contributed by atoms with van der Waals surface area (Å²) in [5.41, 5.74) is 10.7. The number of aromatic nitrogens is 3. The second-order valence-electron chi connectivity index (χ2n) is 6.20. The molecular weight excluding hydrogens is 338 g/mol. The Balaban J connectivity index is 1.89. The van der Waals surface area contributed by atoms with Crippen molar-refractivity contribution in [1.82, 2.24) is 15.0 Å². The number of pyridine rings is 1. The standard InChI is InChI=1S/C21H19N5O/c1-2-13-8-6-7-11-16(13)24-17-15(19(22)27)12-23-21-18(17)25-20(26-21)14-9-4-3-5-10-14/h3-12H,2H2,1H3,(H2,22,27)(H2,23,24,25,26). The van der Waals surface area contributed by atoms with E-state index in [0.29, 0.717) is 28.2 Å². The Labute approximate surface area is 156 Å². The number of nitrogens with one attached hydrogen (secondary N) is 2. The molecule has 0 aliphatic rings. The summed E-state index contributed by atoms with van der Waals surface area (Å²) in [6.45, 7) is 2.08. The molecule has 4 rings (SSSR count). The van der Waals surface area contributed by atoms with Crippen LogP contribution in [-0.4, -0.2) is 20.9 Å². The van der Waals surface area contributed by atoms with E-state index in [0.717, 1.165) is 23.2 Å². The van der Waals surface area contributed by atoms with Gasteiger partial charge in [-0.3, -0.25) is 4.79 Å². The summed E-state index contributed by atoms with van der Waals surface area (Å²) < 4.78 is 0. The molecule has 0 radical (unpaired) electrons. The van der Waals surface area contributed by atoms with Crippen molar-refractivity contribution < 1.29 is 4.79 Å². The third-order valence-corrected chi connectivity index (χ3v) is 4.49. The van der Waals surface area contributed by atoms with E-state index in [1.807, 2.05) is 54.6 Å². The molecule has 1 amide bonds. The maximum absolute atomic E-state index is 12.0. The number of primary amides is 1.